The van der Waals surface area contributed by atoms with E-state index in [1.54, 1.807) is 0 Å². The summed E-state index contributed by atoms with van der Waals surface area (Å²) in [6.45, 7) is 7.08. The van der Waals surface area contributed by atoms with Crippen LogP contribution in [0.15, 0.2) is 0 Å². The molecule has 24 atom stereocenters. The molecule has 0 aromatic heterocycles. The molecule has 17 heteroatoms. The summed E-state index contributed by atoms with van der Waals surface area (Å²) in [6, 6.07) is 0. The maximum absolute atomic E-state index is 12.4. The van der Waals surface area contributed by atoms with Crippen molar-refractivity contribution in [3.05, 3.63) is 0 Å². The van der Waals surface area contributed by atoms with Crippen molar-refractivity contribution in [2.24, 2.45) is 46.3 Å². The number of ether oxygens (including phenoxy) is 5. The minimum absolute atomic E-state index is 0.0122. The Morgan fingerprint density at radius 1 is 0.768 bits per heavy atom. The maximum atomic E-state index is 12.4. The Morgan fingerprint density at radius 2 is 1.38 bits per heavy atom. The molecule has 3 aliphatic heterocycles. The van der Waals surface area contributed by atoms with E-state index in [0.717, 1.165) is 12.8 Å². The third-order valence-electron chi connectivity index (χ3n) is 16.1. The topological polar surface area (TPSA) is 289 Å². The van der Waals surface area contributed by atoms with Crippen molar-refractivity contribution >= 4 is 0 Å². The summed E-state index contributed by atoms with van der Waals surface area (Å²) in [6.07, 6.45) is -14.6. The summed E-state index contributed by atoms with van der Waals surface area (Å²) < 4.78 is 29.2. The molecule has 17 nitrogen and oxygen atoms in total. The van der Waals surface area contributed by atoms with Gasteiger partial charge < -0.3 is 85.0 Å². The molecule has 0 bridgehead atoms. The summed E-state index contributed by atoms with van der Waals surface area (Å²) in [5, 5.41) is 128. The second kappa shape index (κ2) is 15.7. The average molecular weight is 807 g/mol. The highest BCUT2D eigenvalue weighted by molar-refractivity contribution is 5.20. The Kier molecular flexibility index (Phi) is 12.1. The lowest BCUT2D eigenvalue weighted by Crippen LogP contribution is -2.71. The highest BCUT2D eigenvalue weighted by Gasteiger charge is 2.72. The van der Waals surface area contributed by atoms with E-state index in [-0.39, 0.29) is 66.5 Å². The molecule has 0 spiro atoms. The number of hydrogen-bond acceptors (Lipinski definition) is 17. The van der Waals surface area contributed by atoms with E-state index in [2.05, 4.69) is 6.92 Å². The molecule has 3 saturated heterocycles. The minimum atomic E-state index is -1.67. The van der Waals surface area contributed by atoms with Crippen LogP contribution in [0.25, 0.3) is 0 Å². The van der Waals surface area contributed by atoms with E-state index >= 15 is 0 Å². The first kappa shape index (κ1) is 43.4. The smallest absolute Gasteiger partial charge is 0.187 e. The largest absolute Gasteiger partial charge is 0.394 e. The Hall–Kier alpha value is -0.680. The summed E-state index contributed by atoms with van der Waals surface area (Å²) in [5.41, 5.74) is -2.77. The quantitative estimate of drug-likeness (QED) is 0.101. The zero-order valence-corrected chi connectivity index (χ0v) is 32.7. The van der Waals surface area contributed by atoms with Crippen LogP contribution in [0.2, 0.25) is 0 Å². The number of hydrogen-bond donors (Lipinski definition) is 12. The van der Waals surface area contributed by atoms with Crippen LogP contribution < -0.4 is 0 Å². The summed E-state index contributed by atoms with van der Waals surface area (Å²) in [7, 11) is 0. The van der Waals surface area contributed by atoms with E-state index in [0.29, 0.717) is 25.7 Å². The predicted molar refractivity (Wildman–Crippen MR) is 191 cm³/mol. The SMILES string of the molecule is CC(CC[C@]1(O)O[C@H]2C[C@H]3[C@@H]4C[C@@H](O)[C@@]5(O)C[C@@H](O[C@@H]6O[C@H](CO)[C@@H](O)[C@H](O)[C@H]6O)[C@H](O)C[C@]5(C)[C@H]4CC[C@]3(C)[C@H]2[C@@H]1C)CO[C@@H]1O[C@H](CO)[C@@H](O)[C@H](O)[C@H]1O. The van der Waals surface area contributed by atoms with E-state index in [4.69, 9.17) is 23.7 Å². The van der Waals surface area contributed by atoms with Crippen LogP contribution in [0, 0.1) is 46.3 Å². The van der Waals surface area contributed by atoms with Crippen LogP contribution in [0.1, 0.15) is 79.1 Å². The monoisotopic (exact) mass is 806 g/mol. The fourth-order valence-corrected chi connectivity index (χ4v) is 12.7. The van der Waals surface area contributed by atoms with Gasteiger partial charge in [0, 0.05) is 24.2 Å². The van der Waals surface area contributed by atoms with Crippen LogP contribution >= 0.6 is 0 Å². The second-order valence-corrected chi connectivity index (χ2v) is 19.1. The first-order valence-corrected chi connectivity index (χ1v) is 20.6. The van der Waals surface area contributed by atoms with Gasteiger partial charge in [-0.15, -0.1) is 0 Å². The maximum Gasteiger partial charge on any atom is 0.187 e. The molecule has 324 valence electrons. The molecule has 7 aliphatic rings. The Morgan fingerprint density at radius 3 is 2.00 bits per heavy atom. The number of rotatable bonds is 10. The van der Waals surface area contributed by atoms with Gasteiger partial charge in [0.25, 0.3) is 0 Å². The fourth-order valence-electron chi connectivity index (χ4n) is 12.7. The average Bonchev–Trinajstić information content (AvgIpc) is 3.59. The van der Waals surface area contributed by atoms with E-state index < -0.39 is 110 Å². The van der Waals surface area contributed by atoms with Gasteiger partial charge in [0.15, 0.2) is 18.4 Å². The van der Waals surface area contributed by atoms with E-state index in [1.165, 1.54) is 0 Å². The Bertz CT molecular complexity index is 1370. The van der Waals surface area contributed by atoms with Gasteiger partial charge in [0.2, 0.25) is 0 Å². The molecular weight excluding hydrogens is 740 g/mol. The molecule has 0 aromatic rings. The van der Waals surface area contributed by atoms with E-state index in [9.17, 15) is 61.3 Å². The van der Waals surface area contributed by atoms with Crippen LogP contribution in [-0.2, 0) is 23.7 Å². The zero-order valence-electron chi connectivity index (χ0n) is 32.7. The lowest BCUT2D eigenvalue weighted by Gasteiger charge is -2.66. The summed E-state index contributed by atoms with van der Waals surface area (Å²) >= 11 is 0. The molecule has 0 aromatic carbocycles. The first-order chi connectivity index (χ1) is 26.2. The van der Waals surface area contributed by atoms with Gasteiger partial charge in [-0.1, -0.05) is 27.7 Å². The van der Waals surface area contributed by atoms with Gasteiger partial charge >= 0.3 is 0 Å². The minimum Gasteiger partial charge on any atom is -0.394 e. The van der Waals surface area contributed by atoms with Crippen molar-refractivity contribution in [1.29, 1.82) is 0 Å². The van der Waals surface area contributed by atoms with Crippen molar-refractivity contribution in [3.8, 4) is 0 Å². The molecule has 0 amide bonds. The van der Waals surface area contributed by atoms with Crippen LogP contribution in [0.3, 0.4) is 0 Å². The molecule has 12 N–H and O–H groups in total. The summed E-state index contributed by atoms with van der Waals surface area (Å²) in [5.74, 6) is -1.57. The number of aliphatic hydroxyl groups excluding tert-OH is 10. The van der Waals surface area contributed by atoms with Gasteiger partial charge in [0.05, 0.1) is 49.8 Å². The molecule has 3 heterocycles. The normalized spacial score (nSPS) is 57.5. The zero-order chi connectivity index (χ0) is 40.9. The van der Waals surface area contributed by atoms with Gasteiger partial charge in [-0.3, -0.25) is 0 Å². The highest BCUT2D eigenvalue weighted by Crippen LogP contribution is 2.71. The van der Waals surface area contributed by atoms with E-state index in [1.807, 2.05) is 20.8 Å². The Balaban J connectivity index is 0.984. The van der Waals surface area contributed by atoms with Gasteiger partial charge in [-0.2, -0.15) is 0 Å². The second-order valence-electron chi connectivity index (χ2n) is 19.1. The Labute approximate surface area is 327 Å². The van der Waals surface area contributed by atoms with Gasteiger partial charge in [-0.05, 0) is 73.5 Å². The lowest BCUT2D eigenvalue weighted by atomic mass is 9.42. The van der Waals surface area contributed by atoms with Crippen LogP contribution in [-0.4, -0.2) is 178 Å². The first-order valence-electron chi connectivity index (χ1n) is 20.6. The van der Waals surface area contributed by atoms with Crippen molar-refractivity contribution in [2.75, 3.05) is 19.8 Å². The van der Waals surface area contributed by atoms with Gasteiger partial charge in [-0.25, -0.2) is 0 Å². The van der Waals surface area contributed by atoms with Crippen LogP contribution in [0.5, 0.6) is 0 Å². The molecule has 4 saturated carbocycles. The van der Waals surface area contributed by atoms with Crippen molar-refractivity contribution < 1.29 is 85.0 Å². The standard InChI is InChI=1S/C39H66O17/c1-16(15-52-34-32(48)30(46)28(44)24(13-40)54-34)5-8-39(51)17(2)27-22(56-39)10-20-18-9-26(43)38(50)12-23(53-35-33(49)31(47)29(45)25(14-41)55-35)21(42)11-37(38,4)19(18)6-7-36(20,27)3/h16-35,40-51H,5-15H2,1-4H3/t16?,17-,18+,19-,20-,21+,22-,23+,24+,25+,26+,27-,28+,29+,30-,31-,32+,33+,34+,35+,36-,37+,38-,39-/m0/s1. The molecule has 0 radical (unpaired) electrons. The van der Waals surface area contributed by atoms with Crippen molar-refractivity contribution in [2.45, 2.75) is 176 Å². The van der Waals surface area contributed by atoms with Crippen molar-refractivity contribution in [1.82, 2.24) is 0 Å². The molecule has 56 heavy (non-hydrogen) atoms. The van der Waals surface area contributed by atoms with Crippen molar-refractivity contribution in [3.63, 3.8) is 0 Å². The predicted octanol–water partition coefficient (Wildman–Crippen LogP) is -2.55. The molecule has 4 aliphatic carbocycles. The number of aliphatic hydroxyl groups is 12. The number of fused-ring (bicyclic) bond motifs is 7. The molecule has 7 rings (SSSR count). The van der Waals surface area contributed by atoms with Gasteiger partial charge in [0.1, 0.15) is 48.8 Å². The third-order valence-corrected chi connectivity index (χ3v) is 16.1. The lowest BCUT2D eigenvalue weighted by molar-refractivity contribution is -0.340. The fraction of sp³-hybridized carbons (Fsp3) is 1.00. The van der Waals surface area contributed by atoms with Crippen LogP contribution in [0.4, 0.5) is 0 Å². The molecular formula is C39H66O17. The third kappa shape index (κ3) is 6.82. The molecule has 7 fully saturated rings. The summed E-state index contributed by atoms with van der Waals surface area (Å²) in [4.78, 5) is 0. The highest BCUT2D eigenvalue weighted by atomic mass is 16.7. The molecule has 1 unspecified atom stereocenters.